The zero-order valence-electron chi connectivity index (χ0n) is 18.4. The van der Waals surface area contributed by atoms with Crippen molar-refractivity contribution in [1.82, 2.24) is 20.4 Å². The van der Waals surface area contributed by atoms with E-state index in [4.69, 9.17) is 9.47 Å². The molecule has 0 saturated heterocycles. The van der Waals surface area contributed by atoms with E-state index in [0.29, 0.717) is 17.6 Å². The zero-order valence-corrected chi connectivity index (χ0v) is 19.3. The second-order valence-corrected chi connectivity index (χ2v) is 9.34. The van der Waals surface area contributed by atoms with Crippen molar-refractivity contribution in [3.63, 3.8) is 0 Å². The van der Waals surface area contributed by atoms with Gasteiger partial charge in [0.2, 0.25) is 0 Å². The van der Waals surface area contributed by atoms with E-state index in [9.17, 15) is 4.79 Å². The first-order valence-corrected chi connectivity index (χ1v) is 11.8. The average Bonchev–Trinajstić information content (AvgIpc) is 3.27. The van der Waals surface area contributed by atoms with Crippen molar-refractivity contribution in [2.45, 2.75) is 50.5 Å². The van der Waals surface area contributed by atoms with Crippen molar-refractivity contribution in [2.24, 2.45) is 5.92 Å². The first-order chi connectivity index (χ1) is 15.7. The lowest BCUT2D eigenvalue weighted by atomic mass is 9.79. The van der Waals surface area contributed by atoms with Gasteiger partial charge in [0, 0.05) is 25.6 Å². The monoisotopic (exact) mass is 452 g/mol. The number of hydrogen-bond acceptors (Lipinski definition) is 8. The van der Waals surface area contributed by atoms with Crippen molar-refractivity contribution in [1.29, 1.82) is 0 Å². The molecule has 7 nitrogen and oxygen atoms in total. The second-order valence-electron chi connectivity index (χ2n) is 8.20. The summed E-state index contributed by atoms with van der Waals surface area (Å²) in [5.74, 6) is 1.77. The van der Waals surface area contributed by atoms with Crippen LogP contribution in [-0.2, 0) is 22.4 Å². The Labute approximate surface area is 192 Å². The van der Waals surface area contributed by atoms with E-state index in [0.717, 1.165) is 53.4 Å². The minimum Gasteiger partial charge on any atom is -0.497 e. The summed E-state index contributed by atoms with van der Waals surface area (Å²) in [6.07, 6.45) is 6.77. The summed E-state index contributed by atoms with van der Waals surface area (Å²) in [5.41, 5.74) is 1.88. The van der Waals surface area contributed by atoms with Crippen LogP contribution >= 0.6 is 11.3 Å². The van der Waals surface area contributed by atoms with Crippen LogP contribution < -0.4 is 4.74 Å². The first kappa shape index (κ1) is 22.5. The number of Topliss-reactive ketones (excluding diaryl/α,β-unsaturated/α-hetero) is 1. The highest BCUT2D eigenvalue weighted by Crippen LogP contribution is 2.36. The van der Waals surface area contributed by atoms with Crippen molar-refractivity contribution in [2.75, 3.05) is 14.2 Å². The molecule has 1 saturated carbocycles. The summed E-state index contributed by atoms with van der Waals surface area (Å²) in [7, 11) is 3.15. The number of carbonyl (C=O) groups excluding carboxylic acids is 1. The molecule has 2 heterocycles. The Morgan fingerprint density at radius 1 is 1.06 bits per heavy atom. The van der Waals surface area contributed by atoms with Gasteiger partial charge in [0.25, 0.3) is 0 Å². The van der Waals surface area contributed by atoms with Gasteiger partial charge in [0.1, 0.15) is 21.9 Å². The lowest BCUT2D eigenvalue weighted by Crippen LogP contribution is -2.17. The number of aromatic nitrogens is 4. The van der Waals surface area contributed by atoms with Gasteiger partial charge in [-0.25, -0.2) is 0 Å². The van der Waals surface area contributed by atoms with E-state index in [-0.39, 0.29) is 12.2 Å². The number of hydrogen-bond donors (Lipinski definition) is 0. The Kier molecular flexibility index (Phi) is 7.55. The molecule has 1 fully saturated rings. The number of ketones is 1. The third-order valence-corrected chi connectivity index (χ3v) is 7.03. The average molecular weight is 453 g/mol. The molecule has 1 atom stereocenters. The molecule has 0 radical (unpaired) electrons. The lowest BCUT2D eigenvalue weighted by Gasteiger charge is -2.27. The van der Waals surface area contributed by atoms with Crippen LogP contribution in [0.4, 0.5) is 0 Å². The van der Waals surface area contributed by atoms with Gasteiger partial charge in [0.05, 0.1) is 19.2 Å². The summed E-state index contributed by atoms with van der Waals surface area (Å²) in [6, 6.07) is 11.4. The minimum absolute atomic E-state index is 0.0343. The topological polar surface area (TPSA) is 87.1 Å². The molecule has 1 aliphatic carbocycles. The molecule has 3 aromatic rings. The van der Waals surface area contributed by atoms with Gasteiger partial charge in [-0.2, -0.15) is 10.2 Å². The lowest BCUT2D eigenvalue weighted by molar-refractivity contribution is -0.128. The molecule has 2 aromatic heterocycles. The van der Waals surface area contributed by atoms with Gasteiger partial charge >= 0.3 is 0 Å². The van der Waals surface area contributed by atoms with Gasteiger partial charge in [-0.1, -0.05) is 12.1 Å². The number of methoxy groups -OCH3 is 2. The Balaban J connectivity index is 1.31. The second kappa shape index (κ2) is 10.7. The molecule has 0 bridgehead atoms. The van der Waals surface area contributed by atoms with Gasteiger partial charge < -0.3 is 9.47 Å². The van der Waals surface area contributed by atoms with Crippen molar-refractivity contribution in [3.8, 4) is 5.75 Å². The van der Waals surface area contributed by atoms with E-state index < -0.39 is 6.10 Å². The van der Waals surface area contributed by atoms with Crippen LogP contribution in [0.1, 0.15) is 59.0 Å². The molecule has 0 amide bonds. The number of benzene rings is 1. The van der Waals surface area contributed by atoms with Crippen molar-refractivity contribution in [3.05, 3.63) is 63.9 Å². The van der Waals surface area contributed by atoms with E-state index in [1.54, 1.807) is 20.4 Å². The highest BCUT2D eigenvalue weighted by molar-refractivity contribution is 7.11. The molecule has 168 valence electrons. The number of ether oxygens (including phenoxy) is 2. The van der Waals surface area contributed by atoms with E-state index >= 15 is 0 Å². The van der Waals surface area contributed by atoms with Crippen LogP contribution in [0.5, 0.6) is 5.75 Å². The Hall–Kier alpha value is -2.71. The van der Waals surface area contributed by atoms with Crippen LogP contribution in [-0.4, -0.2) is 40.4 Å². The van der Waals surface area contributed by atoms with Crippen LogP contribution in [0.25, 0.3) is 0 Å². The fourth-order valence-electron chi connectivity index (χ4n) is 4.38. The third-order valence-electron chi connectivity index (χ3n) is 6.08. The van der Waals surface area contributed by atoms with Crippen LogP contribution in [0.2, 0.25) is 0 Å². The number of nitrogens with zero attached hydrogens (tertiary/aromatic N) is 4. The molecule has 1 aliphatic rings. The first-order valence-electron chi connectivity index (χ1n) is 10.9. The summed E-state index contributed by atoms with van der Waals surface area (Å²) in [6.45, 7) is 0. The molecular weight excluding hydrogens is 424 g/mol. The maximum Gasteiger partial charge on any atom is 0.172 e. The Bertz CT molecular complexity index is 1020. The summed E-state index contributed by atoms with van der Waals surface area (Å²) < 4.78 is 10.7. The summed E-state index contributed by atoms with van der Waals surface area (Å²) >= 11 is 1.54. The van der Waals surface area contributed by atoms with Crippen LogP contribution in [0, 0.1) is 5.92 Å². The molecule has 4 rings (SSSR count). The van der Waals surface area contributed by atoms with E-state index in [1.165, 1.54) is 11.3 Å². The standard InChI is InChI=1S/C24H28N4O3S/c1-30-19-6-3-5-18(14-19)24(31-2)21(29)15-23-28-27-22(32-23)13-16-8-10-17(11-9-16)20-7-4-12-25-26-20/h3-7,12,14,16-17,24H,8-11,13,15H2,1-2H3. The van der Waals surface area contributed by atoms with Gasteiger partial charge in [-0.15, -0.1) is 21.5 Å². The third kappa shape index (κ3) is 5.55. The SMILES string of the molecule is COc1cccc(C(OC)C(=O)Cc2nnc(CC3CCC(c4cccnn4)CC3)s2)c1. The minimum atomic E-state index is -0.645. The smallest absolute Gasteiger partial charge is 0.172 e. The molecule has 0 aliphatic heterocycles. The predicted molar refractivity (Wildman–Crippen MR) is 122 cm³/mol. The van der Waals surface area contributed by atoms with Crippen molar-refractivity contribution >= 4 is 17.1 Å². The highest BCUT2D eigenvalue weighted by atomic mass is 32.1. The summed E-state index contributed by atoms with van der Waals surface area (Å²) in [5, 5.41) is 18.7. The largest absolute Gasteiger partial charge is 0.497 e. The Morgan fingerprint density at radius 3 is 2.59 bits per heavy atom. The molecule has 0 N–H and O–H groups in total. The number of rotatable bonds is 9. The molecule has 1 unspecified atom stereocenters. The fourth-order valence-corrected chi connectivity index (χ4v) is 5.35. The molecule has 32 heavy (non-hydrogen) atoms. The maximum absolute atomic E-state index is 12.9. The molecule has 8 heteroatoms. The van der Waals surface area contributed by atoms with Gasteiger partial charge in [-0.05, 0) is 61.4 Å². The summed E-state index contributed by atoms with van der Waals surface area (Å²) in [4.78, 5) is 12.9. The highest BCUT2D eigenvalue weighted by Gasteiger charge is 2.26. The molecule has 0 spiro atoms. The molecule has 1 aromatic carbocycles. The normalized spacial score (nSPS) is 19.4. The van der Waals surface area contributed by atoms with E-state index in [1.807, 2.05) is 30.3 Å². The van der Waals surface area contributed by atoms with Crippen molar-refractivity contribution < 1.29 is 14.3 Å². The van der Waals surface area contributed by atoms with E-state index in [2.05, 4.69) is 26.5 Å². The Morgan fingerprint density at radius 2 is 1.88 bits per heavy atom. The van der Waals surface area contributed by atoms with Gasteiger partial charge in [0.15, 0.2) is 5.78 Å². The predicted octanol–water partition coefficient (Wildman–Crippen LogP) is 4.35. The maximum atomic E-state index is 12.9. The number of carbonyl (C=O) groups is 1. The van der Waals surface area contributed by atoms with Gasteiger partial charge in [-0.3, -0.25) is 4.79 Å². The fraction of sp³-hybridized carbons (Fsp3) is 0.458. The molecular formula is C24H28N4O3S. The zero-order chi connectivity index (χ0) is 22.3. The quantitative estimate of drug-likeness (QED) is 0.477. The van der Waals surface area contributed by atoms with Crippen LogP contribution in [0.15, 0.2) is 42.6 Å². The van der Waals surface area contributed by atoms with Crippen LogP contribution in [0.3, 0.4) is 0 Å².